The number of aryl methyl sites for hydroxylation is 7. The fourth-order valence-electron chi connectivity index (χ4n) is 16.1. The van der Waals surface area contributed by atoms with E-state index in [4.69, 9.17) is 11.6 Å². The summed E-state index contributed by atoms with van der Waals surface area (Å²) in [4.78, 5) is 23.5. The van der Waals surface area contributed by atoms with Gasteiger partial charge in [0.2, 0.25) is 0 Å². The Hall–Kier alpha value is -9.79. The van der Waals surface area contributed by atoms with E-state index in [0.29, 0.717) is 22.3 Å². The van der Waals surface area contributed by atoms with Gasteiger partial charge < -0.3 is 40.4 Å². The van der Waals surface area contributed by atoms with Gasteiger partial charge in [-0.2, -0.15) is 0 Å². The van der Waals surface area contributed by atoms with Crippen LogP contribution in [0.1, 0.15) is 138 Å². The second kappa shape index (κ2) is 37.8. The molecule has 13 heteroatoms. The molecule has 4 aliphatic heterocycles. The van der Waals surface area contributed by atoms with E-state index in [9.17, 15) is 20.4 Å². The highest BCUT2D eigenvalue weighted by Crippen LogP contribution is 2.35. The molecular formula is C95H109ClN8O4. The molecule has 0 amide bonds. The third kappa shape index (κ3) is 20.5. The van der Waals surface area contributed by atoms with Crippen LogP contribution in [0.5, 0.6) is 23.0 Å². The van der Waals surface area contributed by atoms with Gasteiger partial charge in [-0.3, -0.25) is 19.6 Å². The zero-order valence-electron chi connectivity index (χ0n) is 63.5. The van der Waals surface area contributed by atoms with E-state index in [1.54, 1.807) is 18.2 Å². The smallest absolute Gasteiger partial charge is 0.134 e. The van der Waals surface area contributed by atoms with E-state index in [-0.39, 0.29) is 5.75 Å². The lowest BCUT2D eigenvalue weighted by Crippen LogP contribution is -2.29. The van der Waals surface area contributed by atoms with Crippen LogP contribution in [0.25, 0.3) is 65.9 Å². The van der Waals surface area contributed by atoms with E-state index in [2.05, 4.69) is 211 Å². The predicted molar refractivity (Wildman–Crippen MR) is 453 cm³/mol. The summed E-state index contributed by atoms with van der Waals surface area (Å²) in [5.41, 5.74) is 24.0. The number of aromatic nitrogens is 4. The summed E-state index contributed by atoms with van der Waals surface area (Å²) in [6.45, 7) is 19.5. The van der Waals surface area contributed by atoms with Crippen LogP contribution in [0.15, 0.2) is 219 Å². The molecule has 4 aromatic heterocycles. The van der Waals surface area contributed by atoms with Crippen LogP contribution in [-0.4, -0.2) is 138 Å². The molecule has 0 radical (unpaired) electrons. The molecule has 560 valence electrons. The van der Waals surface area contributed by atoms with Gasteiger partial charge in [0.15, 0.2) is 0 Å². The first-order valence-corrected chi connectivity index (χ1v) is 39.9. The molecule has 8 heterocycles. The number of nitrogens with zero attached hydrogens (tertiary/aromatic N) is 4. The summed E-state index contributed by atoms with van der Waals surface area (Å²) < 4.78 is 0. The number of benzene rings is 8. The maximum Gasteiger partial charge on any atom is 0.134 e. The molecule has 12 nitrogen and oxygen atoms in total. The summed E-state index contributed by atoms with van der Waals surface area (Å²) in [5.74, 6) is 1.23. The number of phenolic OH excluding ortho intramolecular Hbond substituents is 4. The predicted octanol–water partition coefficient (Wildman–Crippen LogP) is 21.5. The first-order valence-electron chi connectivity index (χ1n) is 39.6. The molecule has 12 aromatic rings. The molecule has 0 aliphatic carbocycles. The van der Waals surface area contributed by atoms with Crippen molar-refractivity contribution in [2.45, 2.75) is 124 Å². The van der Waals surface area contributed by atoms with Gasteiger partial charge in [-0.25, -0.2) is 0 Å². The van der Waals surface area contributed by atoms with Crippen molar-refractivity contribution in [1.29, 1.82) is 0 Å². The highest BCUT2D eigenvalue weighted by atomic mass is 35.5. The Morgan fingerprint density at radius 2 is 0.694 bits per heavy atom. The largest absolute Gasteiger partial charge is 0.508 e. The van der Waals surface area contributed by atoms with Crippen LogP contribution in [-0.2, 0) is 25.7 Å². The minimum absolute atomic E-state index is 0.152. The second-order valence-electron chi connectivity index (χ2n) is 30.0. The van der Waals surface area contributed by atoms with Crippen LogP contribution in [0.3, 0.4) is 0 Å². The first-order chi connectivity index (χ1) is 52.8. The zero-order valence-corrected chi connectivity index (χ0v) is 64.3. The van der Waals surface area contributed by atoms with Gasteiger partial charge in [-0.15, -0.1) is 0 Å². The quantitative estimate of drug-likeness (QED) is 0.0278. The average molecular weight is 1460 g/mol. The van der Waals surface area contributed by atoms with Crippen molar-refractivity contribution in [3.63, 3.8) is 0 Å². The number of aromatic amines is 4. The Kier molecular flexibility index (Phi) is 26.8. The van der Waals surface area contributed by atoms with Crippen LogP contribution < -0.4 is 0 Å². The molecule has 0 unspecified atom stereocenters. The lowest BCUT2D eigenvalue weighted by atomic mass is 9.99. The Labute approximate surface area is 643 Å². The number of H-pyrrole nitrogens is 4. The van der Waals surface area contributed by atoms with Gasteiger partial charge in [0.05, 0.1) is 5.02 Å². The van der Waals surface area contributed by atoms with Crippen molar-refractivity contribution in [1.82, 2.24) is 39.5 Å². The number of hydrogen-bond donors (Lipinski definition) is 8. The summed E-state index contributed by atoms with van der Waals surface area (Å²) in [7, 11) is 0. The van der Waals surface area contributed by atoms with Gasteiger partial charge in [0, 0.05) is 132 Å². The van der Waals surface area contributed by atoms with Crippen LogP contribution in [0.4, 0.5) is 0 Å². The van der Waals surface area contributed by atoms with Crippen molar-refractivity contribution >= 4 is 77.5 Å². The molecule has 0 fully saturated rings. The van der Waals surface area contributed by atoms with Crippen LogP contribution in [0.2, 0.25) is 5.02 Å². The van der Waals surface area contributed by atoms with E-state index >= 15 is 0 Å². The van der Waals surface area contributed by atoms with Crippen molar-refractivity contribution in [3.05, 3.63) is 285 Å². The SMILES string of the molecule is Cc1[nH]c2cc(O)ccc2c1CCCCN1CC=C(c2ccccc2)CC1.Cc1cc2[nH]cc(CCCCN3CC=C(c4ccccc4)CC3)c2cc1O.Cc1cc2c(CCCCN3CC=C(c4ccccc4)CC3)c[nH]c2cc1O.Oc1cc2c(CCCCN3CC=C(c4ccccc4)CC3)c[nH]c2cc1Cl. The first kappa shape index (κ1) is 76.4. The number of unbranched alkanes of at least 4 members (excludes halogenated alkanes) is 4. The third-order valence-electron chi connectivity index (χ3n) is 22.5. The minimum atomic E-state index is 0.152. The minimum Gasteiger partial charge on any atom is -0.508 e. The van der Waals surface area contributed by atoms with E-state index in [1.165, 1.54) is 141 Å². The van der Waals surface area contributed by atoms with E-state index in [0.717, 1.165) is 167 Å². The van der Waals surface area contributed by atoms with E-state index < -0.39 is 0 Å². The fourth-order valence-corrected chi connectivity index (χ4v) is 16.2. The van der Waals surface area contributed by atoms with Crippen LogP contribution in [0, 0.1) is 20.8 Å². The maximum atomic E-state index is 9.98. The van der Waals surface area contributed by atoms with Gasteiger partial charge in [0.25, 0.3) is 0 Å². The highest BCUT2D eigenvalue weighted by Gasteiger charge is 2.19. The van der Waals surface area contributed by atoms with Gasteiger partial charge in [0.1, 0.15) is 23.0 Å². The van der Waals surface area contributed by atoms with Gasteiger partial charge in [-0.1, -0.05) is 157 Å². The Balaban J connectivity index is 0.000000127. The molecule has 0 bridgehead atoms. The Morgan fingerprint density at radius 1 is 0.343 bits per heavy atom. The molecule has 0 saturated carbocycles. The number of nitrogens with one attached hydrogen (secondary N) is 4. The summed E-state index contributed by atoms with van der Waals surface area (Å²) >= 11 is 5.98. The number of fused-ring (bicyclic) bond motifs is 4. The normalized spacial score (nSPS) is 15.2. The van der Waals surface area contributed by atoms with Crippen molar-refractivity contribution in [2.75, 3.05) is 78.5 Å². The highest BCUT2D eigenvalue weighted by molar-refractivity contribution is 6.32. The number of aromatic hydroxyl groups is 4. The molecular weight excluding hydrogens is 1350 g/mol. The van der Waals surface area contributed by atoms with Crippen LogP contribution >= 0.6 is 11.6 Å². The molecule has 16 rings (SSSR count). The molecule has 8 N–H and O–H groups in total. The zero-order chi connectivity index (χ0) is 74.6. The molecule has 108 heavy (non-hydrogen) atoms. The molecule has 0 saturated heterocycles. The molecule has 0 spiro atoms. The molecule has 0 atom stereocenters. The summed E-state index contributed by atoms with van der Waals surface area (Å²) in [6, 6.07) is 60.0. The second-order valence-corrected chi connectivity index (χ2v) is 30.4. The number of phenols is 4. The van der Waals surface area contributed by atoms with Gasteiger partial charge in [-0.05, 0) is 270 Å². The number of hydrogen-bond acceptors (Lipinski definition) is 8. The summed E-state index contributed by atoms with van der Waals surface area (Å²) in [6.07, 6.45) is 34.2. The number of halogens is 1. The standard InChI is InChI=1S/3C24H28N2O.C23H25ClN2O/c1-18-15-23-22(16-24(18)27)21(17-25-23)9-5-6-12-26-13-10-20(11-14-26)19-7-3-2-4-8-19;1-18-15-22-21(17-25-23(22)16-24(18)27)9-5-6-12-26-13-10-20(11-14-26)19-7-3-2-4-8-19;1-18-22(23-11-10-21(27)17-24(23)25-18)9-5-6-14-26-15-12-20(13-16-26)19-7-3-2-4-8-19;24-21-15-22-20(14-23(21)27)19(16-25-22)8-4-5-11-26-12-9-18(10-13-26)17-6-2-1-3-7-17/h2*2-4,7-8,10,15-17,25,27H,5-6,9,11-14H2,1H3;2-4,7-8,10-12,17,25,27H,5-6,9,13-16H2,1H3;1-3,6-7,9,14-16,25,27H,4-5,8,10-13H2. The average Bonchev–Trinajstić information content (AvgIpc) is 1.69. The molecule has 8 aromatic carbocycles. The Morgan fingerprint density at radius 3 is 1.09 bits per heavy atom. The lowest BCUT2D eigenvalue weighted by Gasteiger charge is -2.26. The van der Waals surface area contributed by atoms with Gasteiger partial charge >= 0.3 is 0 Å². The third-order valence-corrected chi connectivity index (χ3v) is 22.8. The summed E-state index contributed by atoms with van der Waals surface area (Å²) in [5, 5.41) is 44.4. The van der Waals surface area contributed by atoms with Crippen molar-refractivity contribution in [3.8, 4) is 23.0 Å². The van der Waals surface area contributed by atoms with Crippen molar-refractivity contribution < 1.29 is 20.4 Å². The van der Waals surface area contributed by atoms with E-state index in [1.807, 2.05) is 50.4 Å². The maximum absolute atomic E-state index is 9.98. The molecule has 4 aliphatic rings. The monoisotopic (exact) mass is 1460 g/mol. The van der Waals surface area contributed by atoms with Crippen molar-refractivity contribution in [2.24, 2.45) is 0 Å². The topological polar surface area (TPSA) is 157 Å². The fraction of sp³-hybridized carbons (Fsp3) is 0.326. The Bertz CT molecular complexity index is 4650. The number of rotatable bonds is 24. The lowest BCUT2D eigenvalue weighted by molar-refractivity contribution is 0.295.